The first-order valence-electron chi connectivity index (χ1n) is 11.7. The predicted octanol–water partition coefficient (Wildman–Crippen LogP) is 7.25. The third-order valence-electron chi connectivity index (χ3n) is 6.48. The Kier molecular flexibility index (Phi) is 11.0. The van der Waals surface area contributed by atoms with Crippen molar-refractivity contribution in [3.8, 4) is 16.9 Å². The second-order valence-electron chi connectivity index (χ2n) is 8.94. The van der Waals surface area contributed by atoms with Gasteiger partial charge < -0.3 is 9.64 Å². The second-order valence-corrected chi connectivity index (χ2v) is 10.9. The molecule has 2 aromatic carbocycles. The average molecular weight is 680 g/mol. The summed E-state index contributed by atoms with van der Waals surface area (Å²) in [6.07, 6.45) is -1.01. The highest BCUT2D eigenvalue weighted by Gasteiger charge is 2.46. The Bertz CT molecular complexity index is 1610. The molecule has 17 heteroatoms. The Morgan fingerprint density at radius 2 is 1.55 bits per heavy atom. The van der Waals surface area contributed by atoms with E-state index in [9.17, 15) is 34.8 Å². The number of nitrogens with zero attached hydrogens (tertiary/aromatic N) is 3. The van der Waals surface area contributed by atoms with E-state index in [4.69, 9.17) is 4.74 Å². The number of hydrogen-bond donors (Lipinski definition) is 1. The van der Waals surface area contributed by atoms with Crippen LogP contribution in [0.1, 0.15) is 18.5 Å². The lowest BCUT2D eigenvalue weighted by atomic mass is 10.0. The molecule has 1 fully saturated rings. The van der Waals surface area contributed by atoms with E-state index in [1.807, 2.05) is 5.10 Å². The number of anilines is 1. The quantitative estimate of drug-likeness (QED) is 0.224. The Hall–Kier alpha value is -2.94. The molecule has 1 aliphatic heterocycles. The lowest BCUT2D eigenvalue weighted by Gasteiger charge is -2.34. The monoisotopic (exact) mass is 678 g/mol. The molecule has 230 valence electrons. The molecule has 1 N–H and O–H groups in total. The zero-order valence-electron chi connectivity index (χ0n) is 21.1. The number of hydrogen-bond acceptors (Lipinski definition) is 6. The number of aromatic nitrogens is 3. The molecule has 0 amide bonds. The van der Waals surface area contributed by atoms with Gasteiger partial charge in [-0.25, -0.2) is 8.42 Å². The summed E-state index contributed by atoms with van der Waals surface area (Å²) < 4.78 is 107. The van der Waals surface area contributed by atoms with Crippen molar-refractivity contribution in [2.24, 2.45) is 0 Å². The first-order valence-corrected chi connectivity index (χ1v) is 13.2. The van der Waals surface area contributed by atoms with Gasteiger partial charge in [-0.2, -0.15) is 31.4 Å². The van der Waals surface area contributed by atoms with Crippen LogP contribution >= 0.6 is 37.2 Å². The molecule has 0 saturated carbocycles. The number of alkyl halides is 6. The van der Waals surface area contributed by atoms with Crippen molar-refractivity contribution in [2.45, 2.75) is 35.5 Å². The minimum absolute atomic E-state index is 0. The van der Waals surface area contributed by atoms with Crippen molar-refractivity contribution in [1.82, 2.24) is 15.2 Å². The third kappa shape index (κ3) is 6.99. The normalized spacial score (nSPS) is 14.5. The summed E-state index contributed by atoms with van der Waals surface area (Å²) in [5, 5.41) is 6.25. The lowest BCUT2D eigenvalue weighted by Crippen LogP contribution is -2.38. The molecule has 0 spiro atoms. The van der Waals surface area contributed by atoms with E-state index < -0.39 is 32.1 Å². The number of sulfone groups is 1. The number of benzene rings is 2. The van der Waals surface area contributed by atoms with Crippen molar-refractivity contribution in [3.63, 3.8) is 0 Å². The van der Waals surface area contributed by atoms with Gasteiger partial charge in [0.2, 0.25) is 0 Å². The number of piperidine rings is 1. The van der Waals surface area contributed by atoms with Gasteiger partial charge in [-0.3, -0.25) is 10.1 Å². The smallest absolute Gasteiger partial charge is 0.490 e. The summed E-state index contributed by atoms with van der Waals surface area (Å²) in [5.74, 6) is 0.245. The van der Waals surface area contributed by atoms with E-state index in [-0.39, 0.29) is 54.6 Å². The van der Waals surface area contributed by atoms with Crippen molar-refractivity contribution in [3.05, 3.63) is 66.6 Å². The van der Waals surface area contributed by atoms with Crippen molar-refractivity contribution in [2.75, 3.05) is 18.0 Å². The van der Waals surface area contributed by atoms with E-state index in [0.29, 0.717) is 42.4 Å². The Balaban J connectivity index is 0.00000205. The zero-order chi connectivity index (χ0) is 28.0. The first-order chi connectivity index (χ1) is 18.3. The van der Waals surface area contributed by atoms with Gasteiger partial charge >= 0.3 is 11.7 Å². The summed E-state index contributed by atoms with van der Waals surface area (Å²) in [5.41, 5.74) is -4.65. The van der Waals surface area contributed by atoms with Crippen LogP contribution in [-0.2, 0) is 16.0 Å². The number of halogens is 9. The van der Waals surface area contributed by atoms with Crippen LogP contribution in [0.2, 0.25) is 0 Å². The zero-order valence-corrected chi connectivity index (χ0v) is 24.4. The van der Waals surface area contributed by atoms with Gasteiger partial charge in [-0.15, -0.1) is 37.2 Å². The summed E-state index contributed by atoms with van der Waals surface area (Å²) in [6.45, 7) is 1.07. The summed E-state index contributed by atoms with van der Waals surface area (Å²) in [4.78, 5) is 5.53. The molecule has 0 radical (unpaired) electrons. The molecule has 0 bridgehead atoms. The fourth-order valence-corrected chi connectivity index (χ4v) is 5.30. The van der Waals surface area contributed by atoms with Crippen LogP contribution in [0.15, 0.2) is 65.8 Å². The third-order valence-corrected chi connectivity index (χ3v) is 7.98. The fraction of sp³-hybridized carbons (Fsp3) is 0.280. The average Bonchev–Trinajstić information content (AvgIpc) is 3.39. The van der Waals surface area contributed by atoms with E-state index in [2.05, 4.69) is 15.0 Å². The molecular weight excluding hydrogens is 657 g/mol. The van der Waals surface area contributed by atoms with Crippen LogP contribution in [0.5, 0.6) is 5.75 Å². The Labute approximate surface area is 254 Å². The highest BCUT2D eigenvalue weighted by atomic mass is 35.5. The van der Waals surface area contributed by atoms with E-state index in [1.54, 1.807) is 30.5 Å². The molecule has 1 saturated heterocycles. The standard InChI is InChI=1S/C25H20F6N4O3S.3ClH/c26-24(27,28)23-20(14-33-34-23)15-1-6-21-19(13-15)22(7-10-32-21)35-11-8-17(9-12-35)38-16-2-4-18(5-3-16)39(36,37)25(29,30)31;;;/h1-7,10,13-14,17H,8-9,11-12H2,(H,33,34);3*1H. The van der Waals surface area contributed by atoms with Crippen molar-refractivity contribution in [1.29, 1.82) is 0 Å². The minimum Gasteiger partial charge on any atom is -0.490 e. The van der Waals surface area contributed by atoms with Gasteiger partial charge in [0.05, 0.1) is 16.6 Å². The second kappa shape index (κ2) is 13.1. The number of pyridine rings is 1. The van der Waals surface area contributed by atoms with E-state index in [1.165, 1.54) is 12.1 Å². The molecule has 0 aliphatic carbocycles. The van der Waals surface area contributed by atoms with Gasteiger partial charge in [0.1, 0.15) is 17.5 Å². The molecule has 7 nitrogen and oxygen atoms in total. The Morgan fingerprint density at radius 1 is 0.905 bits per heavy atom. The van der Waals surface area contributed by atoms with Crippen LogP contribution in [-0.4, -0.2) is 48.3 Å². The van der Waals surface area contributed by atoms with Gasteiger partial charge in [0.15, 0.2) is 0 Å². The van der Waals surface area contributed by atoms with Crippen LogP contribution in [0.3, 0.4) is 0 Å². The van der Waals surface area contributed by atoms with Crippen LogP contribution in [0, 0.1) is 0 Å². The molecule has 0 atom stereocenters. The molecule has 3 heterocycles. The van der Waals surface area contributed by atoms with E-state index in [0.717, 1.165) is 24.0 Å². The SMILES string of the molecule is Cl.Cl.Cl.O=S(=O)(c1ccc(OC2CCN(c3ccnc4ccc(-c5cn[nH]c5C(F)(F)F)cc34)CC2)cc1)C(F)(F)F. The summed E-state index contributed by atoms with van der Waals surface area (Å²) >= 11 is 0. The molecular formula is C25H23Cl3F6N4O3S. The molecule has 42 heavy (non-hydrogen) atoms. The number of nitrogens with one attached hydrogen (secondary N) is 1. The molecule has 0 unspecified atom stereocenters. The summed E-state index contributed by atoms with van der Waals surface area (Å²) in [6, 6.07) is 10.7. The van der Waals surface area contributed by atoms with Crippen LogP contribution < -0.4 is 9.64 Å². The predicted molar refractivity (Wildman–Crippen MR) is 152 cm³/mol. The fourth-order valence-electron chi connectivity index (χ4n) is 4.53. The number of H-pyrrole nitrogens is 1. The lowest BCUT2D eigenvalue weighted by molar-refractivity contribution is -0.140. The van der Waals surface area contributed by atoms with Crippen LogP contribution in [0.4, 0.5) is 32.0 Å². The molecule has 2 aromatic heterocycles. The number of rotatable bonds is 5. The van der Waals surface area contributed by atoms with Crippen molar-refractivity contribution < 1.29 is 39.5 Å². The highest BCUT2D eigenvalue weighted by Crippen LogP contribution is 2.38. The molecule has 5 rings (SSSR count). The highest BCUT2D eigenvalue weighted by molar-refractivity contribution is 7.92. The topological polar surface area (TPSA) is 88.2 Å². The molecule has 1 aliphatic rings. The Morgan fingerprint density at radius 3 is 2.14 bits per heavy atom. The minimum atomic E-state index is -5.44. The summed E-state index contributed by atoms with van der Waals surface area (Å²) in [7, 11) is -5.44. The van der Waals surface area contributed by atoms with Gasteiger partial charge in [0, 0.05) is 48.8 Å². The number of aromatic amines is 1. The van der Waals surface area contributed by atoms with Crippen molar-refractivity contribution >= 4 is 63.6 Å². The number of ether oxygens (including phenoxy) is 1. The number of fused-ring (bicyclic) bond motifs is 1. The van der Waals surface area contributed by atoms with E-state index >= 15 is 0 Å². The maximum Gasteiger partial charge on any atom is 0.501 e. The first kappa shape index (κ1) is 35.3. The maximum absolute atomic E-state index is 13.4. The van der Waals surface area contributed by atoms with Gasteiger partial charge in [0.25, 0.3) is 9.84 Å². The molecule has 4 aromatic rings. The largest absolute Gasteiger partial charge is 0.501 e. The van der Waals surface area contributed by atoms with Crippen LogP contribution in [0.25, 0.3) is 22.0 Å². The van der Waals surface area contributed by atoms with Gasteiger partial charge in [-0.05, 0) is 48.0 Å². The van der Waals surface area contributed by atoms with Gasteiger partial charge in [-0.1, -0.05) is 6.07 Å². The maximum atomic E-state index is 13.4.